The first kappa shape index (κ1) is 17.1. The molecule has 1 N–H and O–H groups in total. The van der Waals surface area contributed by atoms with Crippen molar-refractivity contribution in [3.63, 3.8) is 0 Å². The van der Waals surface area contributed by atoms with Crippen LogP contribution in [0.5, 0.6) is 0 Å². The lowest BCUT2D eigenvalue weighted by Gasteiger charge is -2.09. The number of rotatable bonds is 4. The van der Waals surface area contributed by atoms with Crippen LogP contribution in [0.2, 0.25) is 10.0 Å². The van der Waals surface area contributed by atoms with E-state index in [-0.39, 0.29) is 11.7 Å². The summed E-state index contributed by atoms with van der Waals surface area (Å²) in [6.45, 7) is 1.77. The summed E-state index contributed by atoms with van der Waals surface area (Å²) in [6.07, 6.45) is 1.47. The fourth-order valence-electron chi connectivity index (χ4n) is 2.20. The number of halogens is 2. The van der Waals surface area contributed by atoms with E-state index in [2.05, 4.69) is 15.3 Å². The highest BCUT2D eigenvalue weighted by molar-refractivity contribution is 7.99. The summed E-state index contributed by atoms with van der Waals surface area (Å²) >= 11 is 13.5. The second kappa shape index (κ2) is 7.01. The number of imidazole rings is 1. The molecular weight excluding hydrogens is 367 g/mol. The first-order valence-electron chi connectivity index (χ1n) is 7.12. The fourth-order valence-corrected chi connectivity index (χ4v) is 3.37. The first-order chi connectivity index (χ1) is 11.5. The molecule has 8 heteroatoms. The van der Waals surface area contributed by atoms with Gasteiger partial charge in [-0.15, -0.1) is 0 Å². The molecule has 124 valence electrons. The molecule has 1 amide bonds. The Morgan fingerprint density at radius 3 is 2.83 bits per heavy atom. The van der Waals surface area contributed by atoms with Crippen molar-refractivity contribution in [1.29, 1.82) is 0 Å². The molecule has 5 nitrogen and oxygen atoms in total. The molecule has 2 aromatic heterocycles. The summed E-state index contributed by atoms with van der Waals surface area (Å²) in [7, 11) is 1.93. The lowest BCUT2D eigenvalue weighted by atomic mass is 10.3. The number of hydrogen-bond acceptors (Lipinski definition) is 4. The van der Waals surface area contributed by atoms with E-state index in [1.54, 1.807) is 6.92 Å². The molecule has 0 unspecified atom stereocenters. The van der Waals surface area contributed by atoms with Crippen LogP contribution in [-0.2, 0) is 11.8 Å². The van der Waals surface area contributed by atoms with Gasteiger partial charge in [0.25, 0.3) is 0 Å². The number of para-hydroxylation sites is 2. The molecule has 3 aromatic rings. The zero-order chi connectivity index (χ0) is 17.3. The average molecular weight is 381 g/mol. The number of aromatic nitrogens is 3. The summed E-state index contributed by atoms with van der Waals surface area (Å²) in [5.41, 5.74) is 2.62. The highest BCUT2D eigenvalue weighted by Gasteiger charge is 2.14. The van der Waals surface area contributed by atoms with Crippen molar-refractivity contribution in [1.82, 2.24) is 14.5 Å². The van der Waals surface area contributed by atoms with Crippen molar-refractivity contribution in [2.24, 2.45) is 7.05 Å². The second-order valence-corrected chi connectivity index (χ2v) is 6.90. The van der Waals surface area contributed by atoms with Gasteiger partial charge in [0.05, 0.1) is 26.8 Å². The number of thioether (sulfide) groups is 1. The van der Waals surface area contributed by atoms with Crippen LogP contribution < -0.4 is 5.32 Å². The highest BCUT2D eigenvalue weighted by atomic mass is 35.5. The standard InChI is InChI=1S/C16H14Cl2N4OS/c1-9-10(17)7-19-15(14(9)18)21-13(23)8-24-16-20-11-5-3-4-6-12(11)22(16)2/h3-7H,8H2,1-2H3,(H,19,21,23). The molecule has 0 aliphatic rings. The largest absolute Gasteiger partial charge is 0.322 e. The lowest BCUT2D eigenvalue weighted by molar-refractivity contribution is -0.113. The van der Waals surface area contributed by atoms with Crippen LogP contribution in [0.15, 0.2) is 35.6 Å². The Balaban J connectivity index is 1.69. The fraction of sp³-hybridized carbons (Fsp3) is 0.188. The van der Waals surface area contributed by atoms with E-state index in [0.29, 0.717) is 21.4 Å². The molecule has 0 saturated carbocycles. The number of carbonyl (C=O) groups is 1. The number of benzene rings is 1. The van der Waals surface area contributed by atoms with Crippen LogP contribution in [0, 0.1) is 6.92 Å². The van der Waals surface area contributed by atoms with Crippen molar-refractivity contribution in [3.8, 4) is 0 Å². The molecule has 0 bridgehead atoms. The molecule has 24 heavy (non-hydrogen) atoms. The molecule has 0 spiro atoms. The Hall–Kier alpha value is -1.76. The molecule has 2 heterocycles. The molecule has 1 aromatic carbocycles. The minimum absolute atomic E-state index is 0.205. The van der Waals surface area contributed by atoms with Crippen molar-refractivity contribution in [3.05, 3.63) is 46.1 Å². The number of amides is 1. The summed E-state index contributed by atoms with van der Waals surface area (Å²) in [4.78, 5) is 20.7. The van der Waals surface area contributed by atoms with Gasteiger partial charge < -0.3 is 9.88 Å². The highest BCUT2D eigenvalue weighted by Crippen LogP contribution is 2.29. The lowest BCUT2D eigenvalue weighted by Crippen LogP contribution is -2.16. The van der Waals surface area contributed by atoms with E-state index in [9.17, 15) is 4.79 Å². The summed E-state index contributed by atoms with van der Waals surface area (Å²) in [5.74, 6) is 0.314. The van der Waals surface area contributed by atoms with Crippen molar-refractivity contribution in [2.75, 3.05) is 11.1 Å². The molecule has 3 rings (SSSR count). The third-order valence-corrected chi connectivity index (χ3v) is 5.41. The smallest absolute Gasteiger partial charge is 0.236 e. The van der Waals surface area contributed by atoms with Crippen LogP contribution in [-0.4, -0.2) is 26.2 Å². The van der Waals surface area contributed by atoms with Gasteiger partial charge in [0.15, 0.2) is 11.0 Å². The summed E-state index contributed by atoms with van der Waals surface area (Å²) < 4.78 is 1.96. The Bertz CT molecular complexity index is 926. The average Bonchev–Trinajstić information content (AvgIpc) is 2.90. The van der Waals surface area contributed by atoms with Gasteiger partial charge in [-0.1, -0.05) is 47.1 Å². The Labute approximate surface area is 153 Å². The number of aryl methyl sites for hydroxylation is 1. The maximum absolute atomic E-state index is 12.2. The van der Waals surface area contributed by atoms with Gasteiger partial charge in [0.2, 0.25) is 5.91 Å². The second-order valence-electron chi connectivity index (χ2n) is 5.17. The molecule has 0 aliphatic carbocycles. The van der Waals surface area contributed by atoms with Crippen LogP contribution in [0.4, 0.5) is 5.82 Å². The number of nitrogens with one attached hydrogen (secondary N) is 1. The van der Waals surface area contributed by atoms with E-state index >= 15 is 0 Å². The zero-order valence-electron chi connectivity index (χ0n) is 13.0. The molecule has 0 saturated heterocycles. The molecule has 0 fully saturated rings. The number of nitrogens with zero attached hydrogens (tertiary/aromatic N) is 3. The van der Waals surface area contributed by atoms with Gasteiger partial charge in [-0.25, -0.2) is 9.97 Å². The predicted octanol–water partition coefficient (Wildman–Crippen LogP) is 4.31. The third kappa shape index (κ3) is 3.36. The monoisotopic (exact) mass is 380 g/mol. The van der Waals surface area contributed by atoms with Crippen molar-refractivity contribution >= 4 is 57.7 Å². The summed E-state index contributed by atoms with van der Waals surface area (Å²) in [6, 6.07) is 7.83. The topological polar surface area (TPSA) is 59.8 Å². The van der Waals surface area contributed by atoms with E-state index in [0.717, 1.165) is 16.2 Å². The number of anilines is 1. The maximum atomic E-state index is 12.2. The zero-order valence-corrected chi connectivity index (χ0v) is 15.3. The maximum Gasteiger partial charge on any atom is 0.236 e. The number of pyridine rings is 1. The van der Waals surface area contributed by atoms with E-state index in [1.807, 2.05) is 35.9 Å². The Morgan fingerprint density at radius 1 is 1.33 bits per heavy atom. The Kier molecular flexibility index (Phi) is 4.99. The van der Waals surface area contributed by atoms with Gasteiger partial charge in [0.1, 0.15) is 0 Å². The van der Waals surface area contributed by atoms with Crippen LogP contribution in [0.3, 0.4) is 0 Å². The van der Waals surface area contributed by atoms with E-state index in [4.69, 9.17) is 23.2 Å². The normalized spacial score (nSPS) is 11.0. The quantitative estimate of drug-likeness (QED) is 0.684. The third-order valence-electron chi connectivity index (χ3n) is 3.54. The van der Waals surface area contributed by atoms with Gasteiger partial charge in [-0.2, -0.15) is 0 Å². The molecule has 0 aliphatic heterocycles. The number of fused-ring (bicyclic) bond motifs is 1. The summed E-state index contributed by atoms with van der Waals surface area (Å²) in [5, 5.41) is 4.29. The molecule has 0 atom stereocenters. The van der Waals surface area contributed by atoms with E-state index in [1.165, 1.54) is 18.0 Å². The number of carbonyl (C=O) groups excluding carboxylic acids is 1. The first-order valence-corrected chi connectivity index (χ1v) is 8.86. The minimum Gasteiger partial charge on any atom is -0.322 e. The van der Waals surface area contributed by atoms with Crippen LogP contribution in [0.1, 0.15) is 5.56 Å². The predicted molar refractivity (Wildman–Crippen MR) is 99.1 cm³/mol. The van der Waals surface area contributed by atoms with Crippen molar-refractivity contribution < 1.29 is 4.79 Å². The SMILES string of the molecule is Cc1c(Cl)cnc(NC(=O)CSc2nc3ccccc3n2C)c1Cl. The molecule has 0 radical (unpaired) electrons. The van der Waals surface area contributed by atoms with Gasteiger partial charge in [0, 0.05) is 13.2 Å². The molecular formula is C16H14Cl2N4OS. The van der Waals surface area contributed by atoms with Crippen LogP contribution in [0.25, 0.3) is 11.0 Å². The Morgan fingerprint density at radius 2 is 2.08 bits per heavy atom. The van der Waals surface area contributed by atoms with Crippen molar-refractivity contribution in [2.45, 2.75) is 12.1 Å². The number of hydrogen-bond donors (Lipinski definition) is 1. The minimum atomic E-state index is -0.205. The van der Waals surface area contributed by atoms with Crippen LogP contribution >= 0.6 is 35.0 Å². The van der Waals surface area contributed by atoms with E-state index < -0.39 is 0 Å². The van der Waals surface area contributed by atoms with Gasteiger partial charge in [-0.3, -0.25) is 4.79 Å². The van der Waals surface area contributed by atoms with Gasteiger partial charge >= 0.3 is 0 Å². The van der Waals surface area contributed by atoms with Gasteiger partial charge in [-0.05, 0) is 24.6 Å².